The van der Waals surface area contributed by atoms with Crippen molar-refractivity contribution in [2.24, 2.45) is 0 Å². The lowest BCUT2D eigenvalue weighted by Crippen LogP contribution is -2.30. The van der Waals surface area contributed by atoms with Crippen LogP contribution in [0, 0.1) is 6.92 Å². The van der Waals surface area contributed by atoms with E-state index in [0.717, 1.165) is 10.0 Å². The second-order valence-corrected chi connectivity index (χ2v) is 8.72. The highest BCUT2D eigenvalue weighted by atomic mass is 79.9. The number of carbonyl (C=O) groups excluding carboxylic acids is 1. The van der Waals surface area contributed by atoms with Gasteiger partial charge in [-0.05, 0) is 48.9 Å². The van der Waals surface area contributed by atoms with Crippen molar-refractivity contribution in [3.05, 3.63) is 52.0 Å². The number of ether oxygens (including phenoxy) is 1. The number of sulfonamides is 1. The van der Waals surface area contributed by atoms with Crippen LogP contribution in [0.1, 0.15) is 29.8 Å². The van der Waals surface area contributed by atoms with Gasteiger partial charge in [-0.3, -0.25) is 4.79 Å². The second-order valence-electron chi connectivity index (χ2n) is 5.86. The summed E-state index contributed by atoms with van der Waals surface area (Å²) in [7, 11) is -2.24. The summed E-state index contributed by atoms with van der Waals surface area (Å²) in [5.41, 5.74) is 1.68. The molecule has 2 aromatic carbocycles. The predicted molar refractivity (Wildman–Crippen MR) is 110 cm³/mol. The van der Waals surface area contributed by atoms with E-state index in [1.807, 2.05) is 19.1 Å². The van der Waals surface area contributed by atoms with Crippen LogP contribution in [-0.2, 0) is 10.0 Å². The first kappa shape index (κ1) is 21.4. The van der Waals surface area contributed by atoms with Gasteiger partial charge in [0.2, 0.25) is 10.0 Å². The summed E-state index contributed by atoms with van der Waals surface area (Å²) < 4.78 is 33.0. The zero-order valence-electron chi connectivity index (χ0n) is 15.7. The lowest BCUT2D eigenvalue weighted by molar-refractivity contribution is 0.102. The third-order valence-electron chi connectivity index (χ3n) is 4.20. The highest BCUT2D eigenvalue weighted by Crippen LogP contribution is 2.27. The Labute approximate surface area is 168 Å². The first-order valence-corrected chi connectivity index (χ1v) is 10.7. The first-order chi connectivity index (χ1) is 12.7. The maximum Gasteiger partial charge on any atom is 0.259 e. The molecule has 0 bridgehead atoms. The van der Waals surface area contributed by atoms with Crippen molar-refractivity contribution in [2.75, 3.05) is 25.5 Å². The van der Waals surface area contributed by atoms with E-state index in [1.165, 1.54) is 29.6 Å². The molecule has 0 atom stereocenters. The molecule has 8 heteroatoms. The second kappa shape index (κ2) is 8.86. The van der Waals surface area contributed by atoms with Crippen LogP contribution >= 0.6 is 15.9 Å². The summed E-state index contributed by atoms with van der Waals surface area (Å²) in [5.74, 6) is -0.130. The minimum absolute atomic E-state index is 0.0599. The van der Waals surface area contributed by atoms with Gasteiger partial charge in [-0.1, -0.05) is 29.8 Å². The van der Waals surface area contributed by atoms with Gasteiger partial charge >= 0.3 is 0 Å². The molecule has 0 aromatic heterocycles. The van der Waals surface area contributed by atoms with Gasteiger partial charge in [-0.25, -0.2) is 8.42 Å². The number of anilines is 1. The molecule has 0 heterocycles. The third-order valence-corrected chi connectivity index (χ3v) is 6.73. The number of methoxy groups -OCH3 is 1. The van der Waals surface area contributed by atoms with Gasteiger partial charge in [0, 0.05) is 23.2 Å². The summed E-state index contributed by atoms with van der Waals surface area (Å²) in [6.07, 6.45) is 0. The number of nitrogens with one attached hydrogen (secondary N) is 1. The van der Waals surface area contributed by atoms with Crippen molar-refractivity contribution in [2.45, 2.75) is 25.7 Å². The zero-order chi connectivity index (χ0) is 20.2. The minimum Gasteiger partial charge on any atom is -0.496 e. The molecular formula is C19H23BrN2O4S. The molecule has 2 aromatic rings. The first-order valence-electron chi connectivity index (χ1n) is 8.50. The Balaban J connectivity index is 2.44. The van der Waals surface area contributed by atoms with Crippen molar-refractivity contribution in [1.29, 1.82) is 0 Å². The van der Waals surface area contributed by atoms with E-state index < -0.39 is 15.9 Å². The Bertz CT molecular complexity index is 941. The predicted octanol–water partition coefficient (Wildman–Crippen LogP) is 4.05. The number of rotatable bonds is 7. The number of benzene rings is 2. The highest BCUT2D eigenvalue weighted by Gasteiger charge is 2.24. The number of amides is 1. The van der Waals surface area contributed by atoms with E-state index in [9.17, 15) is 13.2 Å². The van der Waals surface area contributed by atoms with Gasteiger partial charge in [0.15, 0.2) is 0 Å². The molecule has 0 aliphatic rings. The molecule has 1 amide bonds. The number of hydrogen-bond donors (Lipinski definition) is 1. The molecule has 146 valence electrons. The van der Waals surface area contributed by atoms with Gasteiger partial charge in [-0.2, -0.15) is 4.31 Å². The molecule has 0 unspecified atom stereocenters. The lowest BCUT2D eigenvalue weighted by Gasteiger charge is -2.19. The van der Waals surface area contributed by atoms with E-state index in [2.05, 4.69) is 21.2 Å². The fourth-order valence-corrected chi connectivity index (χ4v) is 4.65. The van der Waals surface area contributed by atoms with Crippen molar-refractivity contribution in [3.8, 4) is 5.75 Å². The Morgan fingerprint density at radius 2 is 1.81 bits per heavy atom. The van der Waals surface area contributed by atoms with Crippen LogP contribution in [0.3, 0.4) is 0 Å². The van der Waals surface area contributed by atoms with Crippen LogP contribution in [0.2, 0.25) is 0 Å². The molecule has 0 radical (unpaired) electrons. The maximum atomic E-state index is 12.8. The van der Waals surface area contributed by atoms with Crippen LogP contribution in [0.4, 0.5) is 5.69 Å². The van der Waals surface area contributed by atoms with Gasteiger partial charge in [0.05, 0.1) is 17.6 Å². The molecular weight excluding hydrogens is 432 g/mol. The van der Waals surface area contributed by atoms with Crippen molar-refractivity contribution < 1.29 is 17.9 Å². The maximum absolute atomic E-state index is 12.8. The summed E-state index contributed by atoms with van der Waals surface area (Å²) in [4.78, 5) is 12.9. The van der Waals surface area contributed by atoms with Gasteiger partial charge in [-0.15, -0.1) is 0 Å². The number of halogens is 1. The van der Waals surface area contributed by atoms with Gasteiger partial charge in [0.25, 0.3) is 5.91 Å². The SMILES string of the molecule is CCN(CC)S(=O)(=O)c1ccc(OC)c(C(=O)Nc2ccc(Br)cc2C)c1. The van der Waals surface area contributed by atoms with E-state index >= 15 is 0 Å². The van der Waals surface area contributed by atoms with Crippen LogP contribution < -0.4 is 10.1 Å². The summed E-state index contributed by atoms with van der Waals surface area (Å²) in [5, 5.41) is 2.82. The monoisotopic (exact) mass is 454 g/mol. The average molecular weight is 455 g/mol. The Hall–Kier alpha value is -1.90. The highest BCUT2D eigenvalue weighted by molar-refractivity contribution is 9.10. The lowest BCUT2D eigenvalue weighted by atomic mass is 10.1. The molecule has 0 fully saturated rings. The largest absolute Gasteiger partial charge is 0.496 e. The summed E-state index contributed by atoms with van der Waals surface area (Å²) >= 11 is 3.38. The quantitative estimate of drug-likeness (QED) is 0.684. The Morgan fingerprint density at radius 1 is 1.15 bits per heavy atom. The van der Waals surface area contributed by atoms with E-state index in [-0.39, 0.29) is 10.5 Å². The topological polar surface area (TPSA) is 75.7 Å². The van der Waals surface area contributed by atoms with Crippen LogP contribution in [0.5, 0.6) is 5.75 Å². The van der Waals surface area contributed by atoms with Crippen molar-refractivity contribution in [3.63, 3.8) is 0 Å². The molecule has 27 heavy (non-hydrogen) atoms. The molecule has 0 saturated heterocycles. The van der Waals surface area contributed by atoms with Gasteiger partial charge < -0.3 is 10.1 Å². The molecule has 2 rings (SSSR count). The fraction of sp³-hybridized carbons (Fsp3) is 0.316. The van der Waals surface area contributed by atoms with Crippen molar-refractivity contribution in [1.82, 2.24) is 4.31 Å². The van der Waals surface area contributed by atoms with Crippen molar-refractivity contribution >= 4 is 37.5 Å². The molecule has 1 N–H and O–H groups in total. The normalized spacial score (nSPS) is 11.5. The minimum atomic E-state index is -3.68. The molecule has 0 aliphatic carbocycles. The average Bonchev–Trinajstić information content (AvgIpc) is 2.64. The van der Waals surface area contributed by atoms with E-state index in [0.29, 0.717) is 24.5 Å². The Morgan fingerprint density at radius 3 is 2.37 bits per heavy atom. The van der Waals surface area contributed by atoms with E-state index in [4.69, 9.17) is 4.74 Å². The van der Waals surface area contributed by atoms with E-state index in [1.54, 1.807) is 19.9 Å². The standard InChI is InChI=1S/C19H23BrN2O4S/c1-5-22(6-2)27(24,25)15-8-10-18(26-4)16(12-15)19(23)21-17-9-7-14(20)11-13(17)3/h7-12H,5-6H2,1-4H3,(H,21,23). The number of carbonyl (C=O) groups is 1. The third kappa shape index (κ3) is 4.69. The number of aryl methyl sites for hydroxylation is 1. The molecule has 0 aliphatic heterocycles. The summed E-state index contributed by atoms with van der Waals surface area (Å²) in [6.45, 7) is 6.12. The van der Waals surface area contributed by atoms with Crippen LogP contribution in [0.25, 0.3) is 0 Å². The Kier molecular flexibility index (Phi) is 7.02. The molecule has 0 spiro atoms. The number of nitrogens with zero attached hydrogens (tertiary/aromatic N) is 1. The summed E-state index contributed by atoms with van der Waals surface area (Å²) in [6, 6.07) is 9.79. The number of hydrogen-bond acceptors (Lipinski definition) is 4. The van der Waals surface area contributed by atoms with Crippen LogP contribution in [-0.4, -0.2) is 38.8 Å². The molecule has 6 nitrogen and oxygen atoms in total. The smallest absolute Gasteiger partial charge is 0.259 e. The fourth-order valence-electron chi connectivity index (χ4n) is 2.69. The molecule has 0 saturated carbocycles. The van der Waals surface area contributed by atoms with Gasteiger partial charge in [0.1, 0.15) is 5.75 Å². The van der Waals surface area contributed by atoms with Crippen LogP contribution in [0.15, 0.2) is 45.8 Å². The zero-order valence-corrected chi connectivity index (χ0v) is 18.1.